The number of halogens is 2. The highest BCUT2D eigenvalue weighted by molar-refractivity contribution is 7.99. The van der Waals surface area contributed by atoms with Crippen molar-refractivity contribution in [2.45, 2.75) is 5.75 Å². The van der Waals surface area contributed by atoms with Gasteiger partial charge in [-0.25, -0.2) is 0 Å². The van der Waals surface area contributed by atoms with Gasteiger partial charge in [-0.2, -0.15) is 0 Å². The third kappa shape index (κ3) is 5.16. The second-order valence-electron chi connectivity index (χ2n) is 4.41. The smallest absolute Gasteiger partial charge is 0.234 e. The van der Waals surface area contributed by atoms with Gasteiger partial charge in [0.15, 0.2) is 0 Å². The molecule has 0 unspecified atom stereocenters. The van der Waals surface area contributed by atoms with Crippen LogP contribution in [0.1, 0.15) is 5.56 Å². The molecule has 0 aromatic heterocycles. The van der Waals surface area contributed by atoms with E-state index in [1.807, 2.05) is 24.3 Å². The van der Waals surface area contributed by atoms with Gasteiger partial charge in [0.1, 0.15) is 0 Å². The molecule has 0 aliphatic heterocycles. The highest BCUT2D eigenvalue weighted by Gasteiger charge is 2.06. The summed E-state index contributed by atoms with van der Waals surface area (Å²) in [7, 11) is 0. The molecule has 3 N–H and O–H groups in total. The molecule has 2 aromatic rings. The molecule has 0 saturated carbocycles. The van der Waals surface area contributed by atoms with Crippen molar-refractivity contribution in [1.82, 2.24) is 0 Å². The molecular formula is C15H14Cl2N2OS. The fourth-order valence-electron chi connectivity index (χ4n) is 1.66. The van der Waals surface area contributed by atoms with Crippen LogP contribution in [-0.4, -0.2) is 11.7 Å². The third-order valence-electron chi connectivity index (χ3n) is 2.68. The Balaban J connectivity index is 1.81. The minimum Gasteiger partial charge on any atom is -0.399 e. The number of thioether (sulfide) groups is 1. The van der Waals surface area contributed by atoms with Gasteiger partial charge in [-0.05, 0) is 35.9 Å². The summed E-state index contributed by atoms with van der Waals surface area (Å²) in [4.78, 5) is 11.9. The van der Waals surface area contributed by atoms with Crippen molar-refractivity contribution in [2.24, 2.45) is 0 Å². The van der Waals surface area contributed by atoms with Crippen LogP contribution in [-0.2, 0) is 10.5 Å². The second-order valence-corrected chi connectivity index (χ2v) is 6.24. The van der Waals surface area contributed by atoms with Crippen LogP contribution in [0.15, 0.2) is 42.5 Å². The number of rotatable bonds is 5. The Hall–Kier alpha value is -1.36. The number of hydrogen-bond acceptors (Lipinski definition) is 3. The average Bonchev–Trinajstić information content (AvgIpc) is 2.44. The predicted octanol–water partition coefficient (Wildman–Crippen LogP) is 4.45. The first-order valence-electron chi connectivity index (χ1n) is 6.21. The number of carbonyl (C=O) groups excluding carboxylic acids is 1. The number of nitrogens with two attached hydrogens (primary N) is 1. The zero-order valence-electron chi connectivity index (χ0n) is 11.1. The quantitative estimate of drug-likeness (QED) is 0.790. The first-order valence-corrected chi connectivity index (χ1v) is 8.13. The van der Waals surface area contributed by atoms with Crippen LogP contribution in [0.25, 0.3) is 0 Å². The number of nitrogens with one attached hydrogen (secondary N) is 1. The van der Waals surface area contributed by atoms with E-state index in [4.69, 9.17) is 28.9 Å². The molecule has 3 nitrogen and oxygen atoms in total. The Morgan fingerprint density at radius 3 is 2.52 bits per heavy atom. The first kappa shape index (κ1) is 16.0. The van der Waals surface area contributed by atoms with Gasteiger partial charge in [0.25, 0.3) is 0 Å². The van der Waals surface area contributed by atoms with Crippen LogP contribution in [0.4, 0.5) is 11.4 Å². The lowest BCUT2D eigenvalue weighted by atomic mass is 10.2. The molecule has 0 spiro atoms. The fourth-order valence-corrected chi connectivity index (χ4v) is 2.81. The Labute approximate surface area is 137 Å². The zero-order chi connectivity index (χ0) is 15.2. The van der Waals surface area contributed by atoms with Gasteiger partial charge in [0.05, 0.1) is 16.5 Å². The van der Waals surface area contributed by atoms with E-state index in [-0.39, 0.29) is 5.91 Å². The van der Waals surface area contributed by atoms with E-state index in [1.54, 1.807) is 18.2 Å². The highest BCUT2D eigenvalue weighted by atomic mass is 35.5. The SMILES string of the molecule is Nc1ccc(NC(=O)CSCc2ccc(Cl)cc2)c(Cl)c1. The van der Waals surface area contributed by atoms with Gasteiger partial charge < -0.3 is 11.1 Å². The fraction of sp³-hybridized carbons (Fsp3) is 0.133. The van der Waals surface area contributed by atoms with Gasteiger partial charge in [-0.3, -0.25) is 4.79 Å². The van der Waals surface area contributed by atoms with Gasteiger partial charge in [0, 0.05) is 16.5 Å². The number of benzene rings is 2. The standard InChI is InChI=1S/C15H14Cl2N2OS/c16-11-3-1-10(2-4-11)8-21-9-15(20)19-14-6-5-12(18)7-13(14)17/h1-7H,8-9,18H2,(H,19,20). The number of nitrogen functional groups attached to an aromatic ring is 1. The maximum atomic E-state index is 11.9. The van der Waals surface area contributed by atoms with Crippen molar-refractivity contribution < 1.29 is 4.79 Å². The summed E-state index contributed by atoms with van der Waals surface area (Å²) < 4.78 is 0. The molecule has 6 heteroatoms. The molecule has 0 atom stereocenters. The summed E-state index contributed by atoms with van der Waals surface area (Å²) in [6.45, 7) is 0. The normalized spacial score (nSPS) is 10.4. The summed E-state index contributed by atoms with van der Waals surface area (Å²) in [5.74, 6) is 1.00. The van der Waals surface area contributed by atoms with Crippen molar-refractivity contribution in [3.05, 3.63) is 58.1 Å². The van der Waals surface area contributed by atoms with E-state index in [0.29, 0.717) is 27.2 Å². The van der Waals surface area contributed by atoms with E-state index in [9.17, 15) is 4.79 Å². The van der Waals surface area contributed by atoms with Gasteiger partial charge in [-0.1, -0.05) is 35.3 Å². The largest absolute Gasteiger partial charge is 0.399 e. The third-order valence-corrected chi connectivity index (χ3v) is 4.25. The summed E-state index contributed by atoms with van der Waals surface area (Å²) in [5.41, 5.74) is 7.87. The molecule has 1 amide bonds. The molecular weight excluding hydrogens is 327 g/mol. The molecule has 0 heterocycles. The van der Waals surface area contributed by atoms with Crippen molar-refractivity contribution in [2.75, 3.05) is 16.8 Å². The van der Waals surface area contributed by atoms with Crippen LogP contribution in [0.3, 0.4) is 0 Å². The van der Waals surface area contributed by atoms with Crippen LogP contribution < -0.4 is 11.1 Å². The van der Waals surface area contributed by atoms with E-state index in [0.717, 1.165) is 11.3 Å². The Kier molecular flexibility index (Phi) is 5.79. The molecule has 0 aliphatic carbocycles. The minimum absolute atomic E-state index is 0.0966. The number of anilines is 2. The Bertz CT molecular complexity index is 632. The summed E-state index contributed by atoms with van der Waals surface area (Å²) in [6.07, 6.45) is 0. The lowest BCUT2D eigenvalue weighted by molar-refractivity contribution is -0.113. The lowest BCUT2D eigenvalue weighted by Crippen LogP contribution is -2.14. The molecule has 110 valence electrons. The van der Waals surface area contributed by atoms with Gasteiger partial charge >= 0.3 is 0 Å². The van der Waals surface area contributed by atoms with Crippen LogP contribution in [0.5, 0.6) is 0 Å². The van der Waals surface area contributed by atoms with Gasteiger partial charge in [-0.15, -0.1) is 11.8 Å². The van der Waals surface area contributed by atoms with Crippen molar-refractivity contribution in [3.63, 3.8) is 0 Å². The van der Waals surface area contributed by atoms with Crippen molar-refractivity contribution in [1.29, 1.82) is 0 Å². The second kappa shape index (κ2) is 7.59. The van der Waals surface area contributed by atoms with Crippen molar-refractivity contribution in [3.8, 4) is 0 Å². The number of carbonyl (C=O) groups is 1. The van der Waals surface area contributed by atoms with Crippen LogP contribution in [0.2, 0.25) is 10.0 Å². The lowest BCUT2D eigenvalue weighted by Gasteiger charge is -2.08. The van der Waals surface area contributed by atoms with Gasteiger partial charge in [0.2, 0.25) is 5.91 Å². The molecule has 0 aliphatic rings. The molecule has 0 saturated heterocycles. The van der Waals surface area contributed by atoms with E-state index < -0.39 is 0 Å². The minimum atomic E-state index is -0.0966. The first-order chi connectivity index (χ1) is 10.0. The van der Waals surface area contributed by atoms with Crippen LogP contribution >= 0.6 is 35.0 Å². The molecule has 2 aromatic carbocycles. The van der Waals surface area contributed by atoms with Crippen molar-refractivity contribution >= 4 is 52.2 Å². The molecule has 2 rings (SSSR count). The Morgan fingerprint density at radius 2 is 1.86 bits per heavy atom. The molecule has 0 radical (unpaired) electrons. The molecule has 0 fully saturated rings. The van der Waals surface area contributed by atoms with Crippen LogP contribution in [0, 0.1) is 0 Å². The monoisotopic (exact) mass is 340 g/mol. The summed E-state index contributed by atoms with van der Waals surface area (Å²) in [5, 5.41) is 3.91. The summed E-state index contributed by atoms with van der Waals surface area (Å²) >= 11 is 13.4. The maximum Gasteiger partial charge on any atom is 0.234 e. The highest BCUT2D eigenvalue weighted by Crippen LogP contribution is 2.24. The zero-order valence-corrected chi connectivity index (χ0v) is 13.4. The average molecular weight is 341 g/mol. The maximum absolute atomic E-state index is 11.9. The summed E-state index contributed by atoms with van der Waals surface area (Å²) in [6, 6.07) is 12.6. The van der Waals surface area contributed by atoms with E-state index in [2.05, 4.69) is 5.32 Å². The Morgan fingerprint density at radius 1 is 1.14 bits per heavy atom. The predicted molar refractivity (Wildman–Crippen MR) is 92.1 cm³/mol. The van der Waals surface area contributed by atoms with E-state index >= 15 is 0 Å². The number of hydrogen-bond donors (Lipinski definition) is 2. The molecule has 0 bridgehead atoms. The molecule has 21 heavy (non-hydrogen) atoms. The van der Waals surface area contributed by atoms with E-state index in [1.165, 1.54) is 11.8 Å². The number of amides is 1. The topological polar surface area (TPSA) is 55.1 Å².